The highest BCUT2D eigenvalue weighted by Crippen LogP contribution is 2.21. The van der Waals surface area contributed by atoms with Crippen LogP contribution in [0, 0.1) is 0 Å². The number of esters is 1. The number of carbonyl (C=O) groups excluding carboxylic acids is 2. The maximum atomic E-state index is 12.2. The first kappa shape index (κ1) is 17.3. The van der Waals surface area contributed by atoms with Crippen molar-refractivity contribution in [2.24, 2.45) is 0 Å². The first-order valence-corrected chi connectivity index (χ1v) is 8.20. The average Bonchev–Trinajstić information content (AvgIpc) is 3.13. The summed E-state index contributed by atoms with van der Waals surface area (Å²) in [6.07, 6.45) is 0. The van der Waals surface area contributed by atoms with Gasteiger partial charge in [-0.1, -0.05) is 48.5 Å². The fourth-order valence-electron chi connectivity index (χ4n) is 2.37. The van der Waals surface area contributed by atoms with E-state index in [-0.39, 0.29) is 18.3 Å². The molecule has 0 radical (unpaired) electrons. The smallest absolute Gasteiger partial charge is 0.378 e. The zero-order valence-corrected chi connectivity index (χ0v) is 14.3. The van der Waals surface area contributed by atoms with E-state index in [0.29, 0.717) is 12.4 Å². The van der Waals surface area contributed by atoms with E-state index in [1.807, 2.05) is 60.7 Å². The van der Waals surface area contributed by atoms with Crippen LogP contribution in [-0.4, -0.2) is 39.8 Å². The van der Waals surface area contributed by atoms with Gasteiger partial charge in [0.05, 0.1) is 5.69 Å². The lowest BCUT2D eigenvalue weighted by molar-refractivity contribution is -0.124. The predicted molar refractivity (Wildman–Crippen MR) is 95.8 cm³/mol. The Labute approximate surface area is 150 Å². The summed E-state index contributed by atoms with van der Waals surface area (Å²) in [6, 6.07) is 18.8. The Balaban J connectivity index is 1.92. The summed E-state index contributed by atoms with van der Waals surface area (Å²) in [5.41, 5.74) is 1.58. The van der Waals surface area contributed by atoms with E-state index in [4.69, 9.17) is 4.74 Å². The first-order chi connectivity index (χ1) is 12.7. The minimum absolute atomic E-state index is 0.1000. The molecule has 1 amide bonds. The van der Waals surface area contributed by atoms with Gasteiger partial charge in [0.2, 0.25) is 0 Å². The van der Waals surface area contributed by atoms with E-state index >= 15 is 0 Å². The number of amides is 1. The highest BCUT2D eigenvalue weighted by atomic mass is 16.5. The van der Waals surface area contributed by atoms with E-state index in [0.717, 1.165) is 11.3 Å². The van der Waals surface area contributed by atoms with Gasteiger partial charge in [0, 0.05) is 12.1 Å². The lowest BCUT2D eigenvalue weighted by Crippen LogP contribution is -2.28. The number of benzene rings is 2. The molecule has 0 aliphatic carbocycles. The van der Waals surface area contributed by atoms with Gasteiger partial charge >= 0.3 is 5.97 Å². The van der Waals surface area contributed by atoms with Crippen LogP contribution >= 0.6 is 0 Å². The van der Waals surface area contributed by atoms with Crippen molar-refractivity contribution in [3.63, 3.8) is 0 Å². The second-order valence-corrected chi connectivity index (χ2v) is 5.40. The molecule has 0 aliphatic rings. The summed E-state index contributed by atoms with van der Waals surface area (Å²) in [7, 11) is 0. The van der Waals surface area contributed by atoms with Gasteiger partial charge in [-0.15, -0.1) is 5.10 Å². The summed E-state index contributed by atoms with van der Waals surface area (Å²) in [5, 5.41) is 6.84. The van der Waals surface area contributed by atoms with Crippen molar-refractivity contribution in [1.29, 1.82) is 0 Å². The minimum atomic E-state index is -0.747. The van der Waals surface area contributed by atoms with Crippen molar-refractivity contribution in [2.75, 3.05) is 13.2 Å². The number of nitrogens with one attached hydrogen (secondary N) is 1. The Morgan fingerprint density at radius 2 is 1.69 bits per heavy atom. The van der Waals surface area contributed by atoms with Crippen LogP contribution in [0.15, 0.2) is 60.7 Å². The molecule has 0 atom stereocenters. The van der Waals surface area contributed by atoms with Gasteiger partial charge in [0.15, 0.2) is 12.4 Å². The number of carbonyl (C=O) groups is 2. The third-order valence-corrected chi connectivity index (χ3v) is 3.53. The summed E-state index contributed by atoms with van der Waals surface area (Å²) >= 11 is 0. The minimum Gasteiger partial charge on any atom is -0.450 e. The highest BCUT2D eigenvalue weighted by Gasteiger charge is 2.20. The first-order valence-electron chi connectivity index (χ1n) is 8.20. The van der Waals surface area contributed by atoms with Gasteiger partial charge < -0.3 is 10.1 Å². The maximum absolute atomic E-state index is 12.2. The Morgan fingerprint density at radius 3 is 2.35 bits per heavy atom. The van der Waals surface area contributed by atoms with Crippen LogP contribution in [0.1, 0.15) is 17.5 Å². The number of aromatic nitrogens is 3. The lowest BCUT2D eigenvalue weighted by Gasteiger charge is -2.05. The Bertz CT molecular complexity index is 835. The van der Waals surface area contributed by atoms with Gasteiger partial charge in [0.25, 0.3) is 11.7 Å². The molecular weight excluding hydrogens is 332 g/mol. The molecule has 2 aromatic carbocycles. The molecule has 26 heavy (non-hydrogen) atoms. The van der Waals surface area contributed by atoms with E-state index < -0.39 is 5.97 Å². The highest BCUT2D eigenvalue weighted by molar-refractivity contribution is 5.88. The van der Waals surface area contributed by atoms with Gasteiger partial charge in [-0.2, -0.15) is 0 Å². The molecule has 0 unspecified atom stereocenters. The average molecular weight is 350 g/mol. The molecule has 1 heterocycles. The Morgan fingerprint density at radius 1 is 1.04 bits per heavy atom. The number of nitrogens with zero attached hydrogens (tertiary/aromatic N) is 3. The normalized spacial score (nSPS) is 10.3. The summed E-state index contributed by atoms with van der Waals surface area (Å²) in [5.74, 6) is -0.700. The molecule has 132 valence electrons. The van der Waals surface area contributed by atoms with Crippen molar-refractivity contribution in [1.82, 2.24) is 20.1 Å². The van der Waals surface area contributed by atoms with Crippen molar-refractivity contribution >= 4 is 11.9 Å². The molecule has 0 fully saturated rings. The van der Waals surface area contributed by atoms with Crippen molar-refractivity contribution in [2.45, 2.75) is 6.92 Å². The fraction of sp³-hybridized carbons (Fsp3) is 0.158. The standard InChI is InChI=1S/C19H18N4O3/c1-2-20-16(24)13-26-19(25)17-21-18(14-9-5-3-6-10-14)23(22-17)15-11-7-4-8-12-15/h3-12H,2,13H2,1H3,(H,20,24). The largest absolute Gasteiger partial charge is 0.450 e. The van der Waals surface area contributed by atoms with E-state index in [1.54, 1.807) is 11.6 Å². The molecular formula is C19H18N4O3. The molecule has 0 bridgehead atoms. The Kier molecular flexibility index (Phi) is 5.38. The number of rotatable bonds is 6. The predicted octanol–water partition coefficient (Wildman–Crippen LogP) is 2.23. The third kappa shape index (κ3) is 3.94. The Hall–Kier alpha value is -3.48. The molecule has 1 aromatic heterocycles. The number of ether oxygens (including phenoxy) is 1. The van der Waals surface area contributed by atoms with Crippen LogP contribution in [-0.2, 0) is 9.53 Å². The zero-order chi connectivity index (χ0) is 18.4. The number of hydrogen-bond acceptors (Lipinski definition) is 5. The molecule has 3 rings (SSSR count). The lowest BCUT2D eigenvalue weighted by atomic mass is 10.2. The summed E-state index contributed by atoms with van der Waals surface area (Å²) in [6.45, 7) is 1.89. The third-order valence-electron chi connectivity index (χ3n) is 3.53. The monoisotopic (exact) mass is 350 g/mol. The van der Waals surface area contributed by atoms with Crippen molar-refractivity contribution in [3.05, 3.63) is 66.5 Å². The van der Waals surface area contributed by atoms with Crippen LogP contribution in [0.3, 0.4) is 0 Å². The molecule has 1 N–H and O–H groups in total. The molecule has 0 saturated carbocycles. The van der Waals surface area contributed by atoms with Crippen LogP contribution < -0.4 is 5.32 Å². The number of para-hydroxylation sites is 1. The van der Waals surface area contributed by atoms with Gasteiger partial charge in [0.1, 0.15) is 0 Å². The quantitative estimate of drug-likeness (QED) is 0.689. The molecule has 0 spiro atoms. The fourth-order valence-corrected chi connectivity index (χ4v) is 2.37. The number of hydrogen-bond donors (Lipinski definition) is 1. The maximum Gasteiger partial charge on any atom is 0.378 e. The van der Waals surface area contributed by atoms with E-state index in [1.165, 1.54) is 0 Å². The van der Waals surface area contributed by atoms with Crippen LogP contribution in [0.4, 0.5) is 0 Å². The SMILES string of the molecule is CCNC(=O)COC(=O)c1nc(-c2ccccc2)n(-c2ccccc2)n1. The zero-order valence-electron chi connectivity index (χ0n) is 14.3. The molecule has 7 heteroatoms. The van der Waals surface area contributed by atoms with E-state index in [9.17, 15) is 9.59 Å². The van der Waals surface area contributed by atoms with Crippen LogP contribution in [0.25, 0.3) is 17.1 Å². The van der Waals surface area contributed by atoms with Crippen molar-refractivity contribution < 1.29 is 14.3 Å². The van der Waals surface area contributed by atoms with Gasteiger partial charge in [-0.25, -0.2) is 14.5 Å². The van der Waals surface area contributed by atoms with Gasteiger partial charge in [-0.05, 0) is 19.1 Å². The molecule has 0 aliphatic heterocycles. The van der Waals surface area contributed by atoms with E-state index in [2.05, 4.69) is 15.4 Å². The summed E-state index contributed by atoms with van der Waals surface area (Å²) in [4.78, 5) is 28.0. The van der Waals surface area contributed by atoms with Crippen LogP contribution in [0.5, 0.6) is 0 Å². The topological polar surface area (TPSA) is 86.1 Å². The second kappa shape index (κ2) is 8.06. The van der Waals surface area contributed by atoms with Crippen LogP contribution in [0.2, 0.25) is 0 Å². The second-order valence-electron chi connectivity index (χ2n) is 5.40. The summed E-state index contributed by atoms with van der Waals surface area (Å²) < 4.78 is 6.57. The molecule has 0 saturated heterocycles. The molecule has 3 aromatic rings. The molecule has 7 nitrogen and oxygen atoms in total. The number of likely N-dealkylation sites (N-methyl/N-ethyl adjacent to an activating group) is 1. The van der Waals surface area contributed by atoms with Gasteiger partial charge in [-0.3, -0.25) is 4.79 Å². The van der Waals surface area contributed by atoms with Crippen molar-refractivity contribution in [3.8, 4) is 17.1 Å².